The lowest BCUT2D eigenvalue weighted by atomic mass is 9.90. The smallest absolute Gasteiger partial charge is 0.0693 e. The maximum Gasteiger partial charge on any atom is 0.0693 e. The fraction of sp³-hybridized carbons (Fsp3) is 1.00. The average molecular weight is 226 g/mol. The molecule has 0 aromatic heterocycles. The number of rotatable bonds is 2. The molecule has 0 spiro atoms. The number of nitrogens with one attached hydrogen (secondary N) is 1. The first-order chi connectivity index (χ1) is 7.75. The molecule has 0 aromatic carbocycles. The molecule has 3 nitrogen and oxygen atoms in total. The van der Waals surface area contributed by atoms with E-state index in [-0.39, 0.29) is 6.10 Å². The Bertz CT molecular complexity index is 210. The Morgan fingerprint density at radius 2 is 1.75 bits per heavy atom. The molecule has 0 aliphatic heterocycles. The third-order valence-corrected chi connectivity index (χ3v) is 4.14. The summed E-state index contributed by atoms with van der Waals surface area (Å²) in [6, 6.07) is 1.23. The second-order valence-electron chi connectivity index (χ2n) is 5.60. The summed E-state index contributed by atoms with van der Waals surface area (Å²) >= 11 is 0. The van der Waals surface area contributed by atoms with Crippen molar-refractivity contribution in [2.75, 3.05) is 0 Å². The molecule has 2 fully saturated rings. The Morgan fingerprint density at radius 1 is 0.938 bits per heavy atom. The molecule has 0 heterocycles. The summed E-state index contributed by atoms with van der Waals surface area (Å²) in [6.07, 6.45) is 10.4. The zero-order chi connectivity index (χ0) is 11.4. The highest BCUT2D eigenvalue weighted by molar-refractivity contribution is 4.86. The van der Waals surface area contributed by atoms with E-state index < -0.39 is 0 Å². The van der Waals surface area contributed by atoms with Crippen LogP contribution in [0.1, 0.15) is 57.8 Å². The Balaban J connectivity index is 1.82. The Kier molecular flexibility index (Phi) is 4.62. The van der Waals surface area contributed by atoms with Gasteiger partial charge in [-0.3, -0.25) is 0 Å². The van der Waals surface area contributed by atoms with Gasteiger partial charge >= 0.3 is 0 Å². The van der Waals surface area contributed by atoms with E-state index in [4.69, 9.17) is 5.73 Å². The molecule has 2 rings (SSSR count). The summed E-state index contributed by atoms with van der Waals surface area (Å²) in [7, 11) is 0. The van der Waals surface area contributed by atoms with Crippen LogP contribution in [-0.4, -0.2) is 29.3 Å². The average Bonchev–Trinajstić information content (AvgIpc) is 2.45. The van der Waals surface area contributed by atoms with E-state index in [1.54, 1.807) is 0 Å². The molecule has 0 radical (unpaired) electrons. The number of aliphatic hydroxyl groups excluding tert-OH is 1. The number of aliphatic hydroxyl groups is 1. The number of nitrogens with two attached hydrogens (primary N) is 1. The van der Waals surface area contributed by atoms with Crippen molar-refractivity contribution < 1.29 is 5.11 Å². The molecule has 0 amide bonds. The van der Waals surface area contributed by atoms with Gasteiger partial charge in [0, 0.05) is 18.1 Å². The molecule has 4 unspecified atom stereocenters. The topological polar surface area (TPSA) is 58.3 Å². The third-order valence-electron chi connectivity index (χ3n) is 4.14. The lowest BCUT2D eigenvalue weighted by Gasteiger charge is -2.32. The van der Waals surface area contributed by atoms with Gasteiger partial charge in [0.1, 0.15) is 0 Å². The van der Waals surface area contributed by atoms with Gasteiger partial charge in [0.15, 0.2) is 0 Å². The maximum atomic E-state index is 10.1. The minimum atomic E-state index is -0.138. The highest BCUT2D eigenvalue weighted by Gasteiger charge is 2.26. The summed E-state index contributed by atoms with van der Waals surface area (Å²) in [4.78, 5) is 0. The summed E-state index contributed by atoms with van der Waals surface area (Å²) < 4.78 is 0. The Labute approximate surface area is 98.8 Å². The summed E-state index contributed by atoms with van der Waals surface area (Å²) in [5.74, 6) is 0. The first-order valence-electron chi connectivity index (χ1n) is 6.95. The number of hydrogen-bond acceptors (Lipinski definition) is 3. The van der Waals surface area contributed by atoms with Crippen LogP contribution in [0, 0.1) is 0 Å². The molecule has 16 heavy (non-hydrogen) atoms. The van der Waals surface area contributed by atoms with Crippen LogP contribution in [0.4, 0.5) is 0 Å². The molecule has 2 aliphatic rings. The van der Waals surface area contributed by atoms with E-state index in [0.29, 0.717) is 18.1 Å². The first kappa shape index (κ1) is 12.3. The van der Waals surface area contributed by atoms with Gasteiger partial charge in [-0.2, -0.15) is 0 Å². The van der Waals surface area contributed by atoms with Gasteiger partial charge in [0.25, 0.3) is 0 Å². The molecular weight excluding hydrogens is 200 g/mol. The first-order valence-corrected chi connectivity index (χ1v) is 6.95. The summed E-state index contributed by atoms with van der Waals surface area (Å²) in [5.41, 5.74) is 5.99. The zero-order valence-electron chi connectivity index (χ0n) is 10.2. The standard InChI is InChI=1S/C13H26N2O/c14-10-5-4-6-11(9-10)15-12-7-2-1-3-8-13(12)16/h10-13,15-16H,1-9,14H2. The van der Waals surface area contributed by atoms with Gasteiger partial charge in [-0.05, 0) is 32.1 Å². The van der Waals surface area contributed by atoms with E-state index in [9.17, 15) is 5.11 Å². The van der Waals surface area contributed by atoms with Gasteiger partial charge in [-0.15, -0.1) is 0 Å². The second kappa shape index (κ2) is 5.99. The zero-order valence-corrected chi connectivity index (χ0v) is 10.2. The molecule has 94 valence electrons. The van der Waals surface area contributed by atoms with E-state index in [1.807, 2.05) is 0 Å². The fourth-order valence-electron chi connectivity index (χ4n) is 3.16. The third kappa shape index (κ3) is 3.44. The lowest BCUT2D eigenvalue weighted by molar-refractivity contribution is 0.108. The van der Waals surface area contributed by atoms with E-state index in [1.165, 1.54) is 38.5 Å². The number of hydrogen-bond donors (Lipinski definition) is 3. The Hall–Kier alpha value is -0.120. The van der Waals surface area contributed by atoms with Crippen molar-refractivity contribution >= 4 is 0 Å². The molecule has 4 atom stereocenters. The van der Waals surface area contributed by atoms with E-state index in [0.717, 1.165) is 19.3 Å². The largest absolute Gasteiger partial charge is 0.392 e. The van der Waals surface area contributed by atoms with Crippen molar-refractivity contribution in [3.05, 3.63) is 0 Å². The molecule has 4 N–H and O–H groups in total. The monoisotopic (exact) mass is 226 g/mol. The van der Waals surface area contributed by atoms with Gasteiger partial charge in [-0.1, -0.05) is 25.7 Å². The van der Waals surface area contributed by atoms with E-state index >= 15 is 0 Å². The minimum absolute atomic E-state index is 0.138. The molecule has 3 heteroatoms. The normalized spacial score (nSPS) is 41.6. The maximum absolute atomic E-state index is 10.1. The van der Waals surface area contributed by atoms with Crippen LogP contribution in [0.15, 0.2) is 0 Å². The minimum Gasteiger partial charge on any atom is -0.392 e. The predicted molar refractivity (Wildman–Crippen MR) is 66.2 cm³/mol. The van der Waals surface area contributed by atoms with Crippen molar-refractivity contribution in [3.8, 4) is 0 Å². The van der Waals surface area contributed by atoms with E-state index in [2.05, 4.69) is 5.32 Å². The molecule has 2 saturated carbocycles. The molecule has 0 saturated heterocycles. The van der Waals surface area contributed by atoms with Crippen LogP contribution in [-0.2, 0) is 0 Å². The fourth-order valence-corrected chi connectivity index (χ4v) is 3.16. The van der Waals surface area contributed by atoms with Crippen LogP contribution < -0.4 is 11.1 Å². The predicted octanol–water partition coefficient (Wildman–Crippen LogP) is 1.54. The molecule has 0 bridgehead atoms. The second-order valence-corrected chi connectivity index (χ2v) is 5.60. The van der Waals surface area contributed by atoms with Crippen molar-refractivity contribution in [1.29, 1.82) is 0 Å². The molecule has 2 aliphatic carbocycles. The van der Waals surface area contributed by atoms with Crippen molar-refractivity contribution in [3.63, 3.8) is 0 Å². The quantitative estimate of drug-likeness (QED) is 0.626. The van der Waals surface area contributed by atoms with Crippen molar-refractivity contribution in [1.82, 2.24) is 5.32 Å². The van der Waals surface area contributed by atoms with Crippen LogP contribution in [0.3, 0.4) is 0 Å². The van der Waals surface area contributed by atoms with Gasteiger partial charge < -0.3 is 16.2 Å². The highest BCUT2D eigenvalue weighted by Crippen LogP contribution is 2.22. The van der Waals surface area contributed by atoms with Crippen molar-refractivity contribution in [2.45, 2.75) is 82.0 Å². The Morgan fingerprint density at radius 3 is 2.56 bits per heavy atom. The van der Waals surface area contributed by atoms with Gasteiger partial charge in [0.2, 0.25) is 0 Å². The summed E-state index contributed by atoms with van der Waals surface area (Å²) in [5, 5.41) is 13.7. The highest BCUT2D eigenvalue weighted by atomic mass is 16.3. The van der Waals surface area contributed by atoms with Crippen LogP contribution in [0.5, 0.6) is 0 Å². The molecular formula is C13H26N2O. The van der Waals surface area contributed by atoms with Crippen molar-refractivity contribution in [2.24, 2.45) is 5.73 Å². The van der Waals surface area contributed by atoms with Crippen LogP contribution in [0.25, 0.3) is 0 Å². The SMILES string of the molecule is NC1CCCC(NC2CCCCCC2O)C1. The lowest BCUT2D eigenvalue weighted by Crippen LogP contribution is -2.48. The van der Waals surface area contributed by atoms with Gasteiger partial charge in [0.05, 0.1) is 6.10 Å². The summed E-state index contributed by atoms with van der Waals surface area (Å²) in [6.45, 7) is 0. The van der Waals surface area contributed by atoms with Crippen LogP contribution >= 0.6 is 0 Å². The van der Waals surface area contributed by atoms with Gasteiger partial charge in [-0.25, -0.2) is 0 Å². The molecule has 0 aromatic rings. The van der Waals surface area contributed by atoms with Crippen LogP contribution in [0.2, 0.25) is 0 Å².